The molecule has 0 amide bonds. The van der Waals surface area contributed by atoms with Crippen LogP contribution in [0.5, 0.6) is 0 Å². The number of hydrogen-bond donors (Lipinski definition) is 1. The lowest BCUT2D eigenvalue weighted by molar-refractivity contribution is -0.145. The quantitative estimate of drug-likeness (QED) is 0.388. The molecule has 2 aliphatic heterocycles. The topological polar surface area (TPSA) is 86.9 Å². The Kier molecular flexibility index (Phi) is 8.73. The van der Waals surface area contributed by atoms with Crippen molar-refractivity contribution in [2.45, 2.75) is 76.2 Å². The number of fused-ring (bicyclic) bond motifs is 1. The van der Waals surface area contributed by atoms with Crippen molar-refractivity contribution < 1.29 is 9.90 Å². The number of piperidine rings is 1. The molecule has 6 rings (SSSR count). The van der Waals surface area contributed by atoms with Crippen LogP contribution in [-0.4, -0.2) is 79.7 Å². The number of rotatable bonds is 10. The number of pyridine rings is 1. The van der Waals surface area contributed by atoms with Gasteiger partial charge in [0.1, 0.15) is 6.04 Å². The number of benzene rings is 1. The first-order valence-electron chi connectivity index (χ1n) is 15.5. The Morgan fingerprint density at radius 3 is 2.55 bits per heavy atom. The first-order valence-corrected chi connectivity index (χ1v) is 15.5. The fourth-order valence-electron chi connectivity index (χ4n) is 7.82. The maximum Gasteiger partial charge on any atom is 0.321 e. The van der Waals surface area contributed by atoms with Gasteiger partial charge in [-0.2, -0.15) is 0 Å². The third-order valence-electron chi connectivity index (χ3n) is 9.97. The first-order chi connectivity index (χ1) is 19.6. The van der Waals surface area contributed by atoms with Gasteiger partial charge in [-0.1, -0.05) is 62.1 Å². The predicted molar refractivity (Wildman–Crippen MR) is 155 cm³/mol. The average molecular weight is 545 g/mol. The lowest BCUT2D eigenvalue weighted by Gasteiger charge is -2.35. The van der Waals surface area contributed by atoms with Gasteiger partial charge >= 0.3 is 5.97 Å². The van der Waals surface area contributed by atoms with Gasteiger partial charge in [0.2, 0.25) is 0 Å². The van der Waals surface area contributed by atoms with Crippen molar-refractivity contribution in [3.05, 3.63) is 59.8 Å². The minimum absolute atomic E-state index is 0.298. The zero-order valence-electron chi connectivity index (χ0n) is 23.7. The normalized spacial score (nSPS) is 24.5. The van der Waals surface area contributed by atoms with Gasteiger partial charge in [0.25, 0.3) is 0 Å². The molecule has 3 aromatic rings. The maximum absolute atomic E-state index is 12.5. The molecule has 0 bridgehead atoms. The third-order valence-corrected chi connectivity index (χ3v) is 9.97. The standard InChI is InChI=1S/C32H44N6O2/c39-32(40)31(27-12-5-2-6-13-27)37-22-28(29(23-37)26-10-3-1-4-11-26)21-36-18-16-24(17-19-36)8-7-9-25-14-15-30-33-34-35-38(30)20-25/h1,3-4,10-11,14-15,20,24,27-29,31H,2,5-9,12-13,16-19,21-23H2,(H,39,40). The Balaban J connectivity index is 1.03. The van der Waals surface area contributed by atoms with Crippen LogP contribution in [0.1, 0.15) is 74.8 Å². The van der Waals surface area contributed by atoms with Gasteiger partial charge < -0.3 is 10.0 Å². The summed E-state index contributed by atoms with van der Waals surface area (Å²) < 4.78 is 1.76. The molecule has 1 aliphatic carbocycles. The summed E-state index contributed by atoms with van der Waals surface area (Å²) in [5, 5.41) is 22.0. The second-order valence-corrected chi connectivity index (χ2v) is 12.6. The van der Waals surface area contributed by atoms with E-state index < -0.39 is 5.97 Å². The third kappa shape index (κ3) is 6.39. The number of carboxylic acids is 1. The summed E-state index contributed by atoms with van der Waals surface area (Å²) in [6, 6.07) is 14.7. The average Bonchev–Trinajstić information content (AvgIpc) is 3.62. The van der Waals surface area contributed by atoms with Gasteiger partial charge in [0.15, 0.2) is 5.65 Å². The van der Waals surface area contributed by atoms with Crippen molar-refractivity contribution >= 4 is 11.6 Å². The molecule has 8 nitrogen and oxygen atoms in total. The highest BCUT2D eigenvalue weighted by Gasteiger charge is 2.43. The van der Waals surface area contributed by atoms with Crippen LogP contribution in [0.15, 0.2) is 48.7 Å². The number of nitrogens with zero attached hydrogens (tertiary/aromatic N) is 6. The van der Waals surface area contributed by atoms with E-state index in [9.17, 15) is 9.90 Å². The molecule has 3 unspecified atom stereocenters. The molecule has 3 atom stereocenters. The van der Waals surface area contributed by atoms with E-state index in [0.717, 1.165) is 63.6 Å². The zero-order valence-corrected chi connectivity index (χ0v) is 23.7. The van der Waals surface area contributed by atoms with Crippen molar-refractivity contribution in [1.29, 1.82) is 0 Å². The summed E-state index contributed by atoms with van der Waals surface area (Å²) in [5.74, 6) is 1.36. The fraction of sp³-hybridized carbons (Fsp3) is 0.625. The van der Waals surface area contributed by atoms with Crippen molar-refractivity contribution in [3.63, 3.8) is 0 Å². The second-order valence-electron chi connectivity index (χ2n) is 12.6. The summed E-state index contributed by atoms with van der Waals surface area (Å²) in [4.78, 5) is 17.5. The van der Waals surface area contributed by atoms with Gasteiger partial charge in [-0.15, -0.1) is 5.10 Å². The van der Waals surface area contributed by atoms with Crippen molar-refractivity contribution in [3.8, 4) is 0 Å². The molecule has 3 aliphatic rings. The maximum atomic E-state index is 12.5. The Labute approximate surface area is 237 Å². The lowest BCUT2D eigenvalue weighted by atomic mass is 9.83. The van der Waals surface area contributed by atoms with Crippen LogP contribution < -0.4 is 0 Å². The molecule has 1 aromatic carbocycles. The Hall–Kier alpha value is -2.84. The number of tetrazole rings is 1. The Morgan fingerprint density at radius 2 is 1.77 bits per heavy atom. The van der Waals surface area contributed by atoms with Crippen LogP contribution >= 0.6 is 0 Å². The van der Waals surface area contributed by atoms with Gasteiger partial charge in [-0.3, -0.25) is 9.69 Å². The minimum atomic E-state index is -0.613. The molecule has 2 aromatic heterocycles. The van der Waals surface area contributed by atoms with Crippen LogP contribution in [0.3, 0.4) is 0 Å². The highest BCUT2D eigenvalue weighted by atomic mass is 16.4. The summed E-state index contributed by atoms with van der Waals surface area (Å²) in [6.07, 6.45) is 13.8. The molecule has 214 valence electrons. The first kappa shape index (κ1) is 27.3. The van der Waals surface area contributed by atoms with Crippen LogP contribution in [-0.2, 0) is 11.2 Å². The van der Waals surface area contributed by atoms with Gasteiger partial charge in [0, 0.05) is 31.7 Å². The monoisotopic (exact) mass is 544 g/mol. The lowest BCUT2D eigenvalue weighted by Crippen LogP contribution is -2.46. The molecule has 8 heteroatoms. The van der Waals surface area contributed by atoms with E-state index in [0.29, 0.717) is 17.8 Å². The van der Waals surface area contributed by atoms with E-state index >= 15 is 0 Å². The Morgan fingerprint density at radius 1 is 0.975 bits per heavy atom. The minimum Gasteiger partial charge on any atom is -0.480 e. The van der Waals surface area contributed by atoms with Crippen LogP contribution in [0.2, 0.25) is 0 Å². The molecule has 4 heterocycles. The van der Waals surface area contributed by atoms with Crippen LogP contribution in [0.4, 0.5) is 0 Å². The van der Waals surface area contributed by atoms with Gasteiger partial charge in [-0.05, 0) is 97.0 Å². The molecule has 0 spiro atoms. The highest BCUT2D eigenvalue weighted by Crippen LogP contribution is 2.38. The number of carboxylic acid groups (broad SMARTS) is 1. The summed E-state index contributed by atoms with van der Waals surface area (Å²) in [5.41, 5.74) is 3.46. The van der Waals surface area contributed by atoms with Gasteiger partial charge in [0.05, 0.1) is 0 Å². The zero-order chi connectivity index (χ0) is 27.3. The molecule has 3 fully saturated rings. The highest BCUT2D eigenvalue weighted by molar-refractivity contribution is 5.74. The molecule has 1 N–H and O–H groups in total. The van der Waals surface area contributed by atoms with E-state index in [2.05, 4.69) is 67.9 Å². The van der Waals surface area contributed by atoms with Crippen molar-refractivity contribution in [2.75, 3.05) is 32.7 Å². The fourth-order valence-corrected chi connectivity index (χ4v) is 7.82. The largest absolute Gasteiger partial charge is 0.480 e. The number of aromatic nitrogens is 4. The van der Waals surface area contributed by atoms with Crippen molar-refractivity contribution in [2.24, 2.45) is 17.8 Å². The molecular formula is C32H44N6O2. The summed E-state index contributed by atoms with van der Waals surface area (Å²) in [7, 11) is 0. The summed E-state index contributed by atoms with van der Waals surface area (Å²) in [6.45, 7) is 5.16. The molecule has 2 saturated heterocycles. The smallest absolute Gasteiger partial charge is 0.321 e. The van der Waals surface area contributed by atoms with Gasteiger partial charge in [-0.25, -0.2) is 4.52 Å². The van der Waals surface area contributed by atoms with Crippen LogP contribution in [0, 0.1) is 17.8 Å². The number of carbonyl (C=O) groups is 1. The van der Waals surface area contributed by atoms with Crippen molar-refractivity contribution in [1.82, 2.24) is 29.8 Å². The predicted octanol–water partition coefficient (Wildman–Crippen LogP) is 4.91. The summed E-state index contributed by atoms with van der Waals surface area (Å²) >= 11 is 0. The Bertz CT molecular complexity index is 1230. The molecule has 0 radical (unpaired) electrons. The van der Waals surface area contributed by atoms with E-state index in [1.807, 2.05) is 6.07 Å². The molecule has 1 saturated carbocycles. The number of aliphatic carboxylic acids is 1. The second kappa shape index (κ2) is 12.8. The number of aryl methyl sites for hydroxylation is 1. The van der Waals surface area contributed by atoms with E-state index in [4.69, 9.17) is 0 Å². The number of likely N-dealkylation sites (tertiary alicyclic amines) is 2. The van der Waals surface area contributed by atoms with E-state index in [1.165, 1.54) is 56.1 Å². The van der Waals surface area contributed by atoms with E-state index in [-0.39, 0.29) is 6.04 Å². The molecular weight excluding hydrogens is 500 g/mol. The van der Waals surface area contributed by atoms with E-state index in [1.54, 1.807) is 4.52 Å². The van der Waals surface area contributed by atoms with Crippen LogP contribution in [0.25, 0.3) is 5.65 Å². The SMILES string of the molecule is O=C(O)C(C1CCCCC1)N1CC(CN2CCC(CCCc3ccc4nnnn4c3)CC2)C(c2ccccc2)C1. The number of hydrogen-bond acceptors (Lipinski definition) is 6. The molecule has 40 heavy (non-hydrogen) atoms.